The van der Waals surface area contributed by atoms with E-state index in [0.717, 1.165) is 34.8 Å². The average Bonchev–Trinajstić information content (AvgIpc) is 2.62. The maximum atomic E-state index is 5.35. The third-order valence-electron chi connectivity index (χ3n) is 2.37. The number of halogens is 1. The molecule has 2 rings (SSSR count). The molecular formula is C11H12BrNO. The highest BCUT2D eigenvalue weighted by molar-refractivity contribution is 9.09. The number of hydrogen-bond acceptors (Lipinski definition) is 2. The van der Waals surface area contributed by atoms with Gasteiger partial charge in [0.05, 0.1) is 5.69 Å². The van der Waals surface area contributed by atoms with Gasteiger partial charge < -0.3 is 4.52 Å². The van der Waals surface area contributed by atoms with Crippen molar-refractivity contribution in [3.63, 3.8) is 0 Å². The highest BCUT2D eigenvalue weighted by atomic mass is 79.9. The van der Waals surface area contributed by atoms with Gasteiger partial charge in [-0.2, -0.15) is 0 Å². The Kier molecular flexibility index (Phi) is 2.87. The zero-order valence-electron chi connectivity index (χ0n) is 8.09. The summed E-state index contributed by atoms with van der Waals surface area (Å²) in [5.74, 6) is 0. The van der Waals surface area contributed by atoms with Gasteiger partial charge in [0.1, 0.15) is 0 Å². The first-order valence-corrected chi connectivity index (χ1v) is 5.91. The van der Waals surface area contributed by atoms with Crippen LogP contribution < -0.4 is 0 Å². The third kappa shape index (κ3) is 1.57. The Morgan fingerprint density at radius 3 is 3.00 bits per heavy atom. The van der Waals surface area contributed by atoms with Crippen molar-refractivity contribution in [3.05, 3.63) is 29.5 Å². The number of fused-ring (bicyclic) bond motifs is 1. The standard InChI is InChI=1S/C11H12BrNO/c1-2-8-4-3-5-9-10(6-7-12)13-14-11(8)9/h3-5H,2,6-7H2,1H3. The van der Waals surface area contributed by atoms with Gasteiger partial charge in [0.15, 0.2) is 5.58 Å². The molecule has 0 saturated heterocycles. The van der Waals surface area contributed by atoms with Crippen molar-refractivity contribution in [2.24, 2.45) is 0 Å². The van der Waals surface area contributed by atoms with Crippen LogP contribution in [0.5, 0.6) is 0 Å². The Bertz CT molecular complexity index is 436. The number of benzene rings is 1. The number of para-hydroxylation sites is 1. The molecule has 14 heavy (non-hydrogen) atoms. The van der Waals surface area contributed by atoms with E-state index >= 15 is 0 Å². The minimum absolute atomic E-state index is 0.917. The molecule has 74 valence electrons. The molecule has 0 saturated carbocycles. The van der Waals surface area contributed by atoms with Gasteiger partial charge in [-0.05, 0) is 18.1 Å². The van der Waals surface area contributed by atoms with Gasteiger partial charge in [-0.25, -0.2) is 0 Å². The van der Waals surface area contributed by atoms with Crippen LogP contribution in [0, 0.1) is 0 Å². The van der Waals surface area contributed by atoms with Crippen LogP contribution in [0.15, 0.2) is 22.7 Å². The normalized spacial score (nSPS) is 11.0. The first-order chi connectivity index (χ1) is 6.86. The molecule has 0 aliphatic heterocycles. The zero-order chi connectivity index (χ0) is 9.97. The van der Waals surface area contributed by atoms with Crippen LogP contribution in [-0.2, 0) is 12.8 Å². The fourth-order valence-electron chi connectivity index (χ4n) is 1.62. The van der Waals surface area contributed by atoms with E-state index in [0.29, 0.717) is 0 Å². The molecule has 1 aromatic heterocycles. The van der Waals surface area contributed by atoms with Crippen LogP contribution in [0.3, 0.4) is 0 Å². The van der Waals surface area contributed by atoms with E-state index in [-0.39, 0.29) is 0 Å². The smallest absolute Gasteiger partial charge is 0.170 e. The summed E-state index contributed by atoms with van der Waals surface area (Å²) in [6.07, 6.45) is 1.90. The number of aryl methyl sites for hydroxylation is 2. The number of alkyl halides is 1. The van der Waals surface area contributed by atoms with Gasteiger partial charge >= 0.3 is 0 Å². The Labute approximate surface area is 91.4 Å². The number of nitrogens with zero attached hydrogens (tertiary/aromatic N) is 1. The third-order valence-corrected chi connectivity index (χ3v) is 2.76. The van der Waals surface area contributed by atoms with Gasteiger partial charge in [-0.15, -0.1) is 0 Å². The van der Waals surface area contributed by atoms with Gasteiger partial charge in [-0.1, -0.05) is 40.1 Å². The molecule has 0 bridgehead atoms. The molecule has 0 spiro atoms. The van der Waals surface area contributed by atoms with Crippen molar-refractivity contribution in [2.45, 2.75) is 19.8 Å². The molecule has 2 aromatic rings. The van der Waals surface area contributed by atoms with Crippen LogP contribution in [0.4, 0.5) is 0 Å². The van der Waals surface area contributed by atoms with Crippen molar-refractivity contribution in [1.82, 2.24) is 5.16 Å². The lowest BCUT2D eigenvalue weighted by atomic mass is 10.1. The number of hydrogen-bond donors (Lipinski definition) is 0. The molecule has 1 heterocycles. The summed E-state index contributed by atoms with van der Waals surface area (Å²) < 4.78 is 5.35. The van der Waals surface area contributed by atoms with Crippen molar-refractivity contribution in [3.8, 4) is 0 Å². The Morgan fingerprint density at radius 1 is 1.43 bits per heavy atom. The van der Waals surface area contributed by atoms with Gasteiger partial charge in [0.2, 0.25) is 0 Å². The summed E-state index contributed by atoms with van der Waals surface area (Å²) in [6.45, 7) is 2.13. The van der Waals surface area contributed by atoms with Crippen LogP contribution in [0.1, 0.15) is 18.2 Å². The molecular weight excluding hydrogens is 242 g/mol. The summed E-state index contributed by atoms with van der Waals surface area (Å²) in [6, 6.07) is 6.23. The first-order valence-electron chi connectivity index (χ1n) is 4.79. The second-order valence-corrected chi connectivity index (χ2v) is 4.01. The maximum absolute atomic E-state index is 5.35. The minimum atomic E-state index is 0.917. The molecule has 0 unspecified atom stereocenters. The summed E-state index contributed by atoms with van der Waals surface area (Å²) >= 11 is 3.41. The Balaban J connectivity index is 2.57. The van der Waals surface area contributed by atoms with Crippen molar-refractivity contribution >= 4 is 26.9 Å². The molecule has 0 aliphatic rings. The lowest BCUT2D eigenvalue weighted by Gasteiger charge is -1.95. The van der Waals surface area contributed by atoms with E-state index in [1.165, 1.54) is 5.56 Å². The van der Waals surface area contributed by atoms with E-state index < -0.39 is 0 Å². The highest BCUT2D eigenvalue weighted by Gasteiger charge is 2.09. The predicted octanol–water partition coefficient (Wildman–Crippen LogP) is 3.33. The van der Waals surface area contributed by atoms with Crippen LogP contribution in [0.25, 0.3) is 11.0 Å². The van der Waals surface area contributed by atoms with E-state index in [1.54, 1.807) is 0 Å². The molecule has 0 amide bonds. The molecule has 0 aliphatic carbocycles. The summed E-state index contributed by atoms with van der Waals surface area (Å²) in [5.41, 5.74) is 3.23. The zero-order valence-corrected chi connectivity index (χ0v) is 9.67. The molecule has 0 N–H and O–H groups in total. The largest absolute Gasteiger partial charge is 0.356 e. The highest BCUT2D eigenvalue weighted by Crippen LogP contribution is 2.23. The number of aromatic nitrogens is 1. The molecule has 0 radical (unpaired) electrons. The van der Waals surface area contributed by atoms with E-state index in [2.05, 4.69) is 46.2 Å². The monoisotopic (exact) mass is 253 g/mol. The van der Waals surface area contributed by atoms with Crippen molar-refractivity contribution in [2.75, 3.05) is 5.33 Å². The lowest BCUT2D eigenvalue weighted by Crippen LogP contribution is -1.86. The topological polar surface area (TPSA) is 26.0 Å². The summed E-state index contributed by atoms with van der Waals surface area (Å²) in [5, 5.41) is 6.17. The van der Waals surface area contributed by atoms with Crippen LogP contribution >= 0.6 is 15.9 Å². The minimum Gasteiger partial charge on any atom is -0.356 e. The quantitative estimate of drug-likeness (QED) is 0.785. The lowest BCUT2D eigenvalue weighted by molar-refractivity contribution is 0.445. The number of rotatable bonds is 3. The molecule has 1 aromatic carbocycles. The van der Waals surface area contributed by atoms with Gasteiger partial charge in [-0.3, -0.25) is 0 Å². The molecule has 0 fully saturated rings. The average molecular weight is 254 g/mol. The second-order valence-electron chi connectivity index (χ2n) is 3.22. The van der Waals surface area contributed by atoms with Crippen molar-refractivity contribution < 1.29 is 4.52 Å². The van der Waals surface area contributed by atoms with Gasteiger partial charge in [0.25, 0.3) is 0 Å². The molecule has 0 atom stereocenters. The summed E-state index contributed by atoms with van der Waals surface area (Å²) in [7, 11) is 0. The van der Waals surface area contributed by atoms with E-state index in [9.17, 15) is 0 Å². The Morgan fingerprint density at radius 2 is 2.29 bits per heavy atom. The van der Waals surface area contributed by atoms with Gasteiger partial charge in [0, 0.05) is 17.1 Å². The fourth-order valence-corrected chi connectivity index (χ4v) is 1.99. The predicted molar refractivity (Wildman–Crippen MR) is 60.9 cm³/mol. The van der Waals surface area contributed by atoms with Crippen molar-refractivity contribution in [1.29, 1.82) is 0 Å². The molecule has 2 nitrogen and oxygen atoms in total. The van der Waals surface area contributed by atoms with Crippen LogP contribution in [-0.4, -0.2) is 10.5 Å². The molecule has 3 heteroatoms. The first kappa shape index (κ1) is 9.71. The van der Waals surface area contributed by atoms with E-state index in [1.807, 2.05) is 0 Å². The maximum Gasteiger partial charge on any atom is 0.170 e. The van der Waals surface area contributed by atoms with E-state index in [4.69, 9.17) is 4.52 Å². The SMILES string of the molecule is CCc1cccc2c(CCBr)noc12. The fraction of sp³-hybridized carbons (Fsp3) is 0.364. The van der Waals surface area contributed by atoms with Crippen LogP contribution in [0.2, 0.25) is 0 Å². The Hall–Kier alpha value is -0.830. The summed E-state index contributed by atoms with van der Waals surface area (Å²) in [4.78, 5) is 0. The second kappa shape index (κ2) is 4.13.